The van der Waals surface area contributed by atoms with Gasteiger partial charge in [-0.15, -0.1) is 0 Å². The van der Waals surface area contributed by atoms with Gasteiger partial charge in [0.05, 0.1) is 0 Å². The molecule has 1 nitrogen and oxygen atoms in total. The van der Waals surface area contributed by atoms with Crippen LogP contribution in [0.2, 0.25) is 5.02 Å². The Balaban J connectivity index is 1.94. The molecule has 2 aliphatic heterocycles. The van der Waals surface area contributed by atoms with E-state index in [0.717, 1.165) is 16.9 Å². The summed E-state index contributed by atoms with van der Waals surface area (Å²) in [5.41, 5.74) is 2.50. The lowest BCUT2D eigenvalue weighted by Gasteiger charge is -2.47. The summed E-state index contributed by atoms with van der Waals surface area (Å²) in [5, 5.41) is 4.58. The minimum atomic E-state index is 0.502. The summed E-state index contributed by atoms with van der Waals surface area (Å²) in [5.74, 6) is 1.76. The number of hydrogen-bond acceptors (Lipinski definition) is 1. The van der Waals surface area contributed by atoms with E-state index in [2.05, 4.69) is 30.4 Å². The Hall–Kier alpha value is -0.530. The lowest BCUT2D eigenvalue weighted by Crippen LogP contribution is -2.48. The summed E-state index contributed by atoms with van der Waals surface area (Å²) in [6.45, 7) is 3.25. The highest BCUT2D eigenvalue weighted by atomic mass is 35.5. The number of benzene rings is 1. The molecule has 2 heterocycles. The molecule has 1 N–H and O–H groups in total. The third-order valence-corrected chi connectivity index (χ3v) is 4.44. The molecular weight excluding hydrogens is 206 g/mol. The smallest absolute Gasteiger partial charge is 0.0483 e. The van der Waals surface area contributed by atoms with Gasteiger partial charge in [-0.25, -0.2) is 0 Å². The van der Waals surface area contributed by atoms with Crippen molar-refractivity contribution in [2.24, 2.45) is 11.8 Å². The predicted octanol–water partition coefficient (Wildman–Crippen LogP) is 3.32. The Morgan fingerprint density at radius 3 is 2.80 bits per heavy atom. The van der Waals surface area contributed by atoms with Crippen molar-refractivity contribution in [3.8, 4) is 0 Å². The van der Waals surface area contributed by atoms with Crippen LogP contribution in [0, 0.1) is 18.8 Å². The van der Waals surface area contributed by atoms with Crippen molar-refractivity contribution < 1.29 is 0 Å². The van der Waals surface area contributed by atoms with Crippen LogP contribution in [-0.4, -0.2) is 6.54 Å². The molecule has 2 bridgehead atoms. The van der Waals surface area contributed by atoms with E-state index in [-0.39, 0.29) is 0 Å². The zero-order chi connectivity index (χ0) is 10.4. The van der Waals surface area contributed by atoms with Gasteiger partial charge in [0.1, 0.15) is 0 Å². The normalized spacial score (nSPS) is 33.6. The SMILES string of the molecule is Cc1cccc(C2NCC3CC2C3)c1Cl. The first kappa shape index (κ1) is 9.68. The summed E-state index contributed by atoms with van der Waals surface area (Å²) >= 11 is 6.37. The number of aryl methyl sites for hydroxylation is 1. The molecule has 1 aliphatic carbocycles. The van der Waals surface area contributed by atoms with Gasteiger partial charge < -0.3 is 5.32 Å². The Kier molecular flexibility index (Phi) is 2.26. The van der Waals surface area contributed by atoms with Crippen molar-refractivity contribution in [1.82, 2.24) is 5.32 Å². The quantitative estimate of drug-likeness (QED) is 0.767. The van der Waals surface area contributed by atoms with Crippen molar-refractivity contribution in [3.05, 3.63) is 34.3 Å². The molecule has 2 saturated heterocycles. The molecule has 0 radical (unpaired) electrons. The van der Waals surface area contributed by atoms with E-state index < -0.39 is 0 Å². The maximum absolute atomic E-state index is 6.37. The standard InChI is InChI=1S/C13H16ClN/c1-8-3-2-4-11(12(8)14)13-10-5-9(6-10)7-15-13/h2-4,9-10,13,15H,5-7H2,1H3. The van der Waals surface area contributed by atoms with E-state index in [4.69, 9.17) is 11.6 Å². The summed E-state index contributed by atoms with van der Waals surface area (Å²) in [6, 6.07) is 6.87. The van der Waals surface area contributed by atoms with Gasteiger partial charge in [0, 0.05) is 11.1 Å². The molecule has 15 heavy (non-hydrogen) atoms. The van der Waals surface area contributed by atoms with E-state index in [1.807, 2.05) is 0 Å². The average molecular weight is 222 g/mol. The first-order valence-corrected chi connectivity index (χ1v) is 6.12. The van der Waals surface area contributed by atoms with Crippen LogP contribution in [-0.2, 0) is 0 Å². The third kappa shape index (κ3) is 1.49. The Labute approximate surface area is 95.8 Å². The van der Waals surface area contributed by atoms with Gasteiger partial charge in [-0.2, -0.15) is 0 Å². The highest BCUT2D eigenvalue weighted by Gasteiger charge is 2.40. The zero-order valence-electron chi connectivity index (χ0n) is 8.96. The molecule has 80 valence electrons. The van der Waals surface area contributed by atoms with Crippen molar-refractivity contribution in [2.45, 2.75) is 25.8 Å². The van der Waals surface area contributed by atoms with Gasteiger partial charge >= 0.3 is 0 Å². The van der Waals surface area contributed by atoms with E-state index in [0.29, 0.717) is 6.04 Å². The molecule has 3 aliphatic rings. The molecule has 0 aromatic heterocycles. The van der Waals surface area contributed by atoms with Crippen LogP contribution in [0.5, 0.6) is 0 Å². The Morgan fingerprint density at radius 2 is 2.13 bits per heavy atom. The number of piperidine rings is 2. The lowest BCUT2D eigenvalue weighted by molar-refractivity contribution is 0.0831. The highest BCUT2D eigenvalue weighted by Crippen LogP contribution is 2.47. The third-order valence-electron chi connectivity index (χ3n) is 3.93. The van der Waals surface area contributed by atoms with Crippen molar-refractivity contribution in [3.63, 3.8) is 0 Å². The second-order valence-corrected chi connectivity index (χ2v) is 5.34. The number of fused-ring (bicyclic) bond motifs is 2. The molecule has 0 amide bonds. The van der Waals surface area contributed by atoms with Gasteiger partial charge in [-0.1, -0.05) is 29.8 Å². The fraction of sp³-hybridized carbons (Fsp3) is 0.538. The molecule has 3 fully saturated rings. The van der Waals surface area contributed by atoms with E-state index in [9.17, 15) is 0 Å². The van der Waals surface area contributed by atoms with E-state index >= 15 is 0 Å². The number of hydrogen-bond donors (Lipinski definition) is 1. The van der Waals surface area contributed by atoms with Gasteiger partial charge in [0.25, 0.3) is 0 Å². The average Bonchev–Trinajstić information content (AvgIpc) is 2.21. The van der Waals surface area contributed by atoms with Crippen LogP contribution in [0.1, 0.15) is 30.0 Å². The van der Waals surface area contributed by atoms with Gasteiger partial charge in [-0.05, 0) is 49.3 Å². The van der Waals surface area contributed by atoms with Crippen LogP contribution < -0.4 is 5.32 Å². The number of nitrogens with one attached hydrogen (secondary N) is 1. The molecule has 1 aromatic rings. The van der Waals surface area contributed by atoms with Crippen molar-refractivity contribution in [1.29, 1.82) is 0 Å². The summed E-state index contributed by atoms with van der Waals surface area (Å²) < 4.78 is 0. The second-order valence-electron chi connectivity index (χ2n) is 4.96. The van der Waals surface area contributed by atoms with Crippen molar-refractivity contribution >= 4 is 11.6 Å². The molecule has 1 unspecified atom stereocenters. The van der Waals surface area contributed by atoms with E-state index in [1.54, 1.807) is 0 Å². The molecule has 2 heteroatoms. The summed E-state index contributed by atoms with van der Waals surface area (Å²) in [7, 11) is 0. The monoisotopic (exact) mass is 221 g/mol. The van der Waals surface area contributed by atoms with Crippen LogP contribution in [0.4, 0.5) is 0 Å². The van der Waals surface area contributed by atoms with Crippen molar-refractivity contribution in [2.75, 3.05) is 6.54 Å². The summed E-state index contributed by atoms with van der Waals surface area (Å²) in [4.78, 5) is 0. The highest BCUT2D eigenvalue weighted by molar-refractivity contribution is 6.32. The van der Waals surface area contributed by atoms with Gasteiger partial charge in [0.15, 0.2) is 0 Å². The van der Waals surface area contributed by atoms with Gasteiger partial charge in [-0.3, -0.25) is 0 Å². The molecule has 1 saturated carbocycles. The lowest BCUT2D eigenvalue weighted by atomic mass is 9.66. The maximum atomic E-state index is 6.37. The number of rotatable bonds is 1. The molecule has 0 spiro atoms. The zero-order valence-corrected chi connectivity index (χ0v) is 9.72. The van der Waals surface area contributed by atoms with Crippen LogP contribution in [0.15, 0.2) is 18.2 Å². The number of halogens is 1. The maximum Gasteiger partial charge on any atom is 0.0483 e. The molecule has 4 rings (SSSR count). The molecule has 1 aromatic carbocycles. The topological polar surface area (TPSA) is 12.0 Å². The minimum absolute atomic E-state index is 0.502. The first-order valence-electron chi connectivity index (χ1n) is 5.74. The fourth-order valence-electron chi connectivity index (χ4n) is 2.96. The Morgan fingerprint density at radius 1 is 1.33 bits per heavy atom. The molecule has 1 atom stereocenters. The van der Waals surface area contributed by atoms with Crippen LogP contribution in [0.25, 0.3) is 0 Å². The van der Waals surface area contributed by atoms with Gasteiger partial charge in [0.2, 0.25) is 0 Å². The van der Waals surface area contributed by atoms with Crippen LogP contribution >= 0.6 is 11.6 Å². The summed E-state index contributed by atoms with van der Waals surface area (Å²) in [6.07, 6.45) is 2.78. The first-order chi connectivity index (χ1) is 7.25. The largest absolute Gasteiger partial charge is 0.309 e. The predicted molar refractivity (Wildman–Crippen MR) is 63.1 cm³/mol. The fourth-order valence-corrected chi connectivity index (χ4v) is 3.20. The second kappa shape index (κ2) is 3.50. The van der Waals surface area contributed by atoms with Crippen LogP contribution in [0.3, 0.4) is 0 Å². The Bertz CT molecular complexity index is 379. The minimum Gasteiger partial charge on any atom is -0.309 e. The van der Waals surface area contributed by atoms with E-state index in [1.165, 1.54) is 30.5 Å². The molecular formula is C13H16ClN.